The fraction of sp³-hybridized carbons (Fsp3) is 0. The van der Waals surface area contributed by atoms with Crippen molar-refractivity contribution in [2.75, 3.05) is 10.6 Å². The minimum atomic E-state index is -1.16. The van der Waals surface area contributed by atoms with Crippen molar-refractivity contribution in [2.45, 2.75) is 0 Å². The van der Waals surface area contributed by atoms with Crippen LogP contribution < -0.4 is 10.6 Å². The van der Waals surface area contributed by atoms with Crippen molar-refractivity contribution in [1.29, 1.82) is 0 Å². The first-order valence-electron chi connectivity index (χ1n) is 5.67. The second kappa shape index (κ2) is 6.19. The van der Waals surface area contributed by atoms with Gasteiger partial charge in [0.05, 0.1) is 22.5 Å². The van der Waals surface area contributed by atoms with Crippen molar-refractivity contribution in [3.8, 4) is 0 Å². The maximum atomic E-state index is 13.0. The Bertz CT molecular complexity index is 709. The van der Waals surface area contributed by atoms with Crippen molar-refractivity contribution in [1.82, 2.24) is 4.98 Å². The minimum Gasteiger partial charge on any atom is -0.478 e. The van der Waals surface area contributed by atoms with E-state index >= 15 is 0 Å². The maximum Gasteiger partial charge on any atom is 0.337 e. The number of anilines is 2. The third-order valence-electron chi connectivity index (χ3n) is 2.42. The average molecular weight is 310 g/mol. The number of benzene rings is 1. The first kappa shape index (κ1) is 14.7. The Labute approximate surface area is 123 Å². The molecule has 2 rings (SSSR count). The summed E-state index contributed by atoms with van der Waals surface area (Å²) >= 11 is 5.59. The molecule has 1 aromatic carbocycles. The standard InChI is InChI=1S/C13H9ClFN3O3/c14-10-4-8(1-2-11(10)15)17-13(21)18-9-3-7(12(19)20)5-16-6-9/h1-6H,(H,19,20)(H2,17,18,21). The number of carboxylic acids is 1. The molecule has 0 fully saturated rings. The van der Waals surface area contributed by atoms with Gasteiger partial charge in [-0.3, -0.25) is 4.98 Å². The number of aromatic nitrogens is 1. The zero-order valence-electron chi connectivity index (χ0n) is 10.4. The summed E-state index contributed by atoms with van der Waals surface area (Å²) in [5.41, 5.74) is 0.444. The van der Waals surface area contributed by atoms with E-state index in [4.69, 9.17) is 16.7 Å². The molecule has 21 heavy (non-hydrogen) atoms. The van der Waals surface area contributed by atoms with Crippen molar-refractivity contribution in [2.24, 2.45) is 0 Å². The SMILES string of the molecule is O=C(Nc1cncc(C(=O)O)c1)Nc1ccc(F)c(Cl)c1. The van der Waals surface area contributed by atoms with Gasteiger partial charge in [0.1, 0.15) is 5.82 Å². The van der Waals surface area contributed by atoms with Crippen LogP contribution in [0, 0.1) is 5.82 Å². The second-order valence-electron chi connectivity index (χ2n) is 3.98. The predicted octanol–water partition coefficient (Wildman–Crippen LogP) is 3.22. The molecule has 0 aliphatic rings. The van der Waals surface area contributed by atoms with E-state index in [9.17, 15) is 14.0 Å². The number of rotatable bonds is 3. The number of carbonyl (C=O) groups excluding carboxylic acids is 1. The van der Waals surface area contributed by atoms with Gasteiger partial charge in [0, 0.05) is 11.9 Å². The highest BCUT2D eigenvalue weighted by Crippen LogP contribution is 2.19. The summed E-state index contributed by atoms with van der Waals surface area (Å²) in [4.78, 5) is 26.2. The third kappa shape index (κ3) is 3.90. The van der Waals surface area contributed by atoms with Crippen molar-refractivity contribution >= 4 is 35.0 Å². The quantitative estimate of drug-likeness (QED) is 0.812. The van der Waals surface area contributed by atoms with Gasteiger partial charge in [-0.15, -0.1) is 0 Å². The fourth-order valence-electron chi connectivity index (χ4n) is 1.49. The normalized spacial score (nSPS) is 10.0. The average Bonchev–Trinajstić information content (AvgIpc) is 2.43. The summed E-state index contributed by atoms with van der Waals surface area (Å²) in [6.45, 7) is 0. The van der Waals surface area contributed by atoms with Gasteiger partial charge in [0.2, 0.25) is 0 Å². The maximum absolute atomic E-state index is 13.0. The Morgan fingerprint density at radius 1 is 1.14 bits per heavy atom. The molecule has 6 nitrogen and oxygen atoms in total. The monoisotopic (exact) mass is 309 g/mol. The van der Waals surface area contributed by atoms with E-state index in [1.807, 2.05) is 0 Å². The van der Waals surface area contributed by atoms with Crippen molar-refractivity contribution in [3.63, 3.8) is 0 Å². The number of hydrogen-bond donors (Lipinski definition) is 3. The molecule has 1 heterocycles. The predicted molar refractivity (Wildman–Crippen MR) is 75.2 cm³/mol. The van der Waals surface area contributed by atoms with Gasteiger partial charge in [-0.25, -0.2) is 14.0 Å². The Morgan fingerprint density at radius 2 is 1.86 bits per heavy atom. The fourth-order valence-corrected chi connectivity index (χ4v) is 1.67. The molecule has 108 valence electrons. The lowest BCUT2D eigenvalue weighted by Crippen LogP contribution is -2.19. The lowest BCUT2D eigenvalue weighted by atomic mass is 10.2. The summed E-state index contributed by atoms with van der Waals surface area (Å²) in [6, 6.07) is 4.33. The van der Waals surface area contributed by atoms with Gasteiger partial charge in [0.25, 0.3) is 0 Å². The van der Waals surface area contributed by atoms with Crippen molar-refractivity contribution < 1.29 is 19.1 Å². The Morgan fingerprint density at radius 3 is 2.52 bits per heavy atom. The van der Waals surface area contributed by atoms with Gasteiger partial charge in [-0.05, 0) is 24.3 Å². The molecule has 0 aliphatic heterocycles. The third-order valence-corrected chi connectivity index (χ3v) is 2.71. The molecule has 2 amide bonds. The summed E-state index contributed by atoms with van der Waals surface area (Å²) in [5, 5.41) is 13.5. The number of nitrogens with one attached hydrogen (secondary N) is 2. The lowest BCUT2D eigenvalue weighted by molar-refractivity contribution is 0.0696. The number of halogens is 2. The van der Waals surface area contributed by atoms with E-state index in [1.54, 1.807) is 0 Å². The largest absolute Gasteiger partial charge is 0.478 e. The highest BCUT2D eigenvalue weighted by molar-refractivity contribution is 6.31. The van der Waals surface area contributed by atoms with E-state index < -0.39 is 17.8 Å². The molecule has 3 N–H and O–H groups in total. The molecule has 0 radical (unpaired) electrons. The molecule has 0 bridgehead atoms. The molecular formula is C13H9ClFN3O3. The smallest absolute Gasteiger partial charge is 0.337 e. The molecule has 0 saturated heterocycles. The first-order chi connectivity index (χ1) is 9.95. The van der Waals surface area contributed by atoms with E-state index in [1.165, 1.54) is 24.4 Å². The molecule has 0 spiro atoms. The van der Waals surface area contributed by atoms with Gasteiger partial charge < -0.3 is 15.7 Å². The Balaban J connectivity index is 2.06. The van der Waals surface area contributed by atoms with Gasteiger partial charge in [-0.2, -0.15) is 0 Å². The number of carbonyl (C=O) groups is 2. The summed E-state index contributed by atoms with van der Waals surface area (Å²) in [6.07, 6.45) is 2.45. The summed E-state index contributed by atoms with van der Waals surface area (Å²) < 4.78 is 13.0. The molecule has 1 aromatic heterocycles. The van der Waals surface area contributed by atoms with Crippen LogP contribution in [0.4, 0.5) is 20.6 Å². The summed E-state index contributed by atoms with van der Waals surface area (Å²) in [5.74, 6) is -1.75. The van der Waals surface area contributed by atoms with Crippen LogP contribution in [0.5, 0.6) is 0 Å². The van der Waals surface area contributed by atoms with Crippen LogP contribution >= 0.6 is 11.6 Å². The zero-order chi connectivity index (χ0) is 15.4. The van der Waals surface area contributed by atoms with E-state index in [0.29, 0.717) is 5.69 Å². The highest BCUT2D eigenvalue weighted by atomic mass is 35.5. The van der Waals surface area contributed by atoms with E-state index in [2.05, 4.69) is 15.6 Å². The van der Waals surface area contributed by atoms with Crippen LogP contribution in [0.2, 0.25) is 5.02 Å². The van der Waals surface area contributed by atoms with Crippen LogP contribution in [-0.2, 0) is 0 Å². The molecule has 0 atom stereocenters. The number of hydrogen-bond acceptors (Lipinski definition) is 3. The van der Waals surface area contributed by atoms with Crippen LogP contribution in [0.1, 0.15) is 10.4 Å². The summed E-state index contributed by atoms with van der Waals surface area (Å²) in [7, 11) is 0. The number of carboxylic acid groups (broad SMARTS) is 1. The topological polar surface area (TPSA) is 91.3 Å². The molecule has 0 saturated carbocycles. The van der Waals surface area contributed by atoms with Crippen LogP contribution in [0.3, 0.4) is 0 Å². The van der Waals surface area contributed by atoms with Crippen LogP contribution in [-0.4, -0.2) is 22.1 Å². The number of pyridine rings is 1. The number of amides is 2. The van der Waals surface area contributed by atoms with Crippen LogP contribution in [0.25, 0.3) is 0 Å². The van der Waals surface area contributed by atoms with Gasteiger partial charge >= 0.3 is 12.0 Å². The minimum absolute atomic E-state index is 0.0578. The first-order valence-corrected chi connectivity index (χ1v) is 6.05. The number of urea groups is 1. The molecule has 8 heteroatoms. The second-order valence-corrected chi connectivity index (χ2v) is 4.38. The number of aromatic carboxylic acids is 1. The van der Waals surface area contributed by atoms with E-state index in [0.717, 1.165) is 12.3 Å². The van der Waals surface area contributed by atoms with E-state index in [-0.39, 0.29) is 16.3 Å². The molecule has 0 unspecified atom stereocenters. The van der Waals surface area contributed by atoms with Crippen LogP contribution in [0.15, 0.2) is 36.7 Å². The van der Waals surface area contributed by atoms with Gasteiger partial charge in [0.15, 0.2) is 0 Å². The lowest BCUT2D eigenvalue weighted by Gasteiger charge is -2.08. The number of nitrogens with zero attached hydrogens (tertiary/aromatic N) is 1. The molecule has 0 aliphatic carbocycles. The molecular weight excluding hydrogens is 301 g/mol. The Kier molecular flexibility index (Phi) is 4.34. The highest BCUT2D eigenvalue weighted by Gasteiger charge is 2.08. The van der Waals surface area contributed by atoms with Crippen molar-refractivity contribution in [3.05, 3.63) is 53.1 Å². The van der Waals surface area contributed by atoms with Gasteiger partial charge in [-0.1, -0.05) is 11.6 Å². The zero-order valence-corrected chi connectivity index (χ0v) is 11.2. The Hall–Kier alpha value is -2.67. The molecule has 2 aromatic rings.